The average molecular weight is 351 g/mol. The van der Waals surface area contributed by atoms with Crippen molar-refractivity contribution in [1.82, 2.24) is 9.80 Å². The summed E-state index contributed by atoms with van der Waals surface area (Å²) >= 11 is 0. The molecule has 8 heteroatoms. The molecule has 2 rings (SSSR count). The molecule has 0 aromatic heterocycles. The molecule has 7 nitrogen and oxygen atoms in total. The smallest absolute Gasteiger partial charge is 0.409 e. The molecule has 1 aromatic carbocycles. The predicted molar refractivity (Wildman–Crippen MR) is 89.6 cm³/mol. The van der Waals surface area contributed by atoms with Gasteiger partial charge in [0.25, 0.3) is 0 Å². The Morgan fingerprint density at radius 3 is 2.36 bits per heavy atom. The van der Waals surface area contributed by atoms with Crippen LogP contribution in [0.1, 0.15) is 13.8 Å². The molecule has 1 saturated heterocycles. The zero-order chi connectivity index (χ0) is 18.4. The van der Waals surface area contributed by atoms with Gasteiger partial charge in [0.15, 0.2) is 0 Å². The van der Waals surface area contributed by atoms with Gasteiger partial charge in [0, 0.05) is 38.8 Å². The number of nitrogens with zero attached hydrogens (tertiary/aromatic N) is 3. The number of benzene rings is 1. The van der Waals surface area contributed by atoms with E-state index in [2.05, 4.69) is 0 Å². The summed E-state index contributed by atoms with van der Waals surface area (Å²) in [6.07, 6.45) is -0.389. The van der Waals surface area contributed by atoms with Crippen LogP contribution in [0.2, 0.25) is 0 Å². The van der Waals surface area contributed by atoms with Gasteiger partial charge in [0.2, 0.25) is 11.8 Å². The number of carbonyl (C=O) groups is 3. The topological polar surface area (TPSA) is 70.2 Å². The molecule has 0 radical (unpaired) electrons. The Morgan fingerprint density at radius 1 is 1.16 bits per heavy atom. The maximum atomic E-state index is 13.4. The van der Waals surface area contributed by atoms with E-state index in [-0.39, 0.29) is 24.5 Å². The molecule has 0 atom stereocenters. The molecule has 0 N–H and O–H groups in total. The molecule has 0 saturated carbocycles. The highest BCUT2D eigenvalue weighted by molar-refractivity contribution is 5.97. The number of ether oxygens (including phenoxy) is 1. The van der Waals surface area contributed by atoms with Crippen LogP contribution in [0.4, 0.5) is 14.9 Å². The third-order valence-corrected chi connectivity index (χ3v) is 3.95. The van der Waals surface area contributed by atoms with E-state index in [1.807, 2.05) is 0 Å². The van der Waals surface area contributed by atoms with Gasteiger partial charge < -0.3 is 19.4 Å². The first-order valence-electron chi connectivity index (χ1n) is 8.15. The third kappa shape index (κ3) is 4.91. The molecule has 0 aliphatic carbocycles. The van der Waals surface area contributed by atoms with Crippen molar-refractivity contribution in [3.8, 4) is 0 Å². The molecular weight excluding hydrogens is 329 g/mol. The summed E-state index contributed by atoms with van der Waals surface area (Å²) in [5.74, 6) is -1.06. The maximum absolute atomic E-state index is 13.4. The minimum absolute atomic E-state index is 0.168. The van der Waals surface area contributed by atoms with Crippen LogP contribution in [0.3, 0.4) is 0 Å². The molecule has 1 aliphatic heterocycles. The molecule has 1 aliphatic rings. The Balaban J connectivity index is 1.96. The summed E-state index contributed by atoms with van der Waals surface area (Å²) in [5, 5.41) is 0. The van der Waals surface area contributed by atoms with E-state index in [9.17, 15) is 18.8 Å². The summed E-state index contributed by atoms with van der Waals surface area (Å²) in [5.41, 5.74) is 0.339. The first kappa shape index (κ1) is 18.7. The number of hydrogen-bond donors (Lipinski definition) is 0. The lowest BCUT2D eigenvalue weighted by Gasteiger charge is -2.35. The molecule has 0 spiro atoms. The van der Waals surface area contributed by atoms with Crippen LogP contribution in [0.25, 0.3) is 0 Å². The van der Waals surface area contributed by atoms with Gasteiger partial charge in [-0.2, -0.15) is 0 Å². The van der Waals surface area contributed by atoms with E-state index in [0.717, 1.165) is 0 Å². The normalized spacial score (nSPS) is 14.2. The van der Waals surface area contributed by atoms with Crippen LogP contribution < -0.4 is 4.90 Å². The van der Waals surface area contributed by atoms with Crippen molar-refractivity contribution in [3.63, 3.8) is 0 Å². The molecule has 25 heavy (non-hydrogen) atoms. The lowest BCUT2D eigenvalue weighted by molar-refractivity contribution is -0.132. The largest absolute Gasteiger partial charge is 0.450 e. The van der Waals surface area contributed by atoms with Crippen molar-refractivity contribution in [2.24, 2.45) is 0 Å². The second kappa shape index (κ2) is 8.46. The van der Waals surface area contributed by atoms with E-state index in [1.165, 1.54) is 30.0 Å². The van der Waals surface area contributed by atoms with E-state index in [0.29, 0.717) is 38.5 Å². The molecule has 1 aromatic rings. The van der Waals surface area contributed by atoms with Gasteiger partial charge >= 0.3 is 6.09 Å². The number of carbonyl (C=O) groups excluding carboxylic acids is 3. The van der Waals surface area contributed by atoms with Crippen molar-refractivity contribution in [3.05, 3.63) is 30.1 Å². The van der Waals surface area contributed by atoms with Gasteiger partial charge in [-0.25, -0.2) is 9.18 Å². The summed E-state index contributed by atoms with van der Waals surface area (Å²) in [4.78, 5) is 40.4. The molecule has 1 heterocycles. The van der Waals surface area contributed by atoms with Crippen molar-refractivity contribution >= 4 is 23.6 Å². The Morgan fingerprint density at radius 2 is 1.80 bits per heavy atom. The predicted octanol–water partition coefficient (Wildman–Crippen LogP) is 1.48. The number of amides is 3. The fourth-order valence-electron chi connectivity index (χ4n) is 2.62. The van der Waals surface area contributed by atoms with Crippen molar-refractivity contribution in [1.29, 1.82) is 0 Å². The van der Waals surface area contributed by atoms with Gasteiger partial charge in [-0.05, 0) is 25.1 Å². The lowest BCUT2D eigenvalue weighted by atomic mass is 10.2. The highest BCUT2D eigenvalue weighted by Gasteiger charge is 2.26. The van der Waals surface area contributed by atoms with Crippen LogP contribution in [0, 0.1) is 5.82 Å². The van der Waals surface area contributed by atoms with E-state index < -0.39 is 5.82 Å². The van der Waals surface area contributed by atoms with Crippen LogP contribution in [-0.2, 0) is 14.3 Å². The monoisotopic (exact) mass is 351 g/mol. The number of hydrogen-bond acceptors (Lipinski definition) is 4. The van der Waals surface area contributed by atoms with Gasteiger partial charge in [0.1, 0.15) is 12.4 Å². The number of anilines is 1. The standard InChI is InChI=1S/C17H22FN3O4/c1-3-25-17(24)20-9-7-19(8-10-20)16(23)12-21(13(2)22)15-6-4-5-14(18)11-15/h4-6,11H,3,7-10,12H2,1-2H3. The van der Waals surface area contributed by atoms with Crippen LogP contribution in [0.15, 0.2) is 24.3 Å². The Labute approximate surface area is 145 Å². The zero-order valence-electron chi connectivity index (χ0n) is 14.4. The fourth-order valence-corrected chi connectivity index (χ4v) is 2.62. The first-order chi connectivity index (χ1) is 11.9. The lowest BCUT2D eigenvalue weighted by Crippen LogP contribution is -2.53. The molecule has 0 unspecified atom stereocenters. The minimum Gasteiger partial charge on any atom is -0.450 e. The van der Waals surface area contributed by atoms with E-state index in [1.54, 1.807) is 22.8 Å². The zero-order valence-corrected chi connectivity index (χ0v) is 14.4. The quantitative estimate of drug-likeness (QED) is 0.824. The first-order valence-corrected chi connectivity index (χ1v) is 8.15. The summed E-state index contributed by atoms with van der Waals surface area (Å²) in [7, 11) is 0. The Hall–Kier alpha value is -2.64. The van der Waals surface area contributed by atoms with Crippen molar-refractivity contribution in [2.45, 2.75) is 13.8 Å². The Bertz CT molecular complexity index is 645. The van der Waals surface area contributed by atoms with E-state index in [4.69, 9.17) is 4.74 Å². The highest BCUT2D eigenvalue weighted by Crippen LogP contribution is 2.16. The molecule has 136 valence electrons. The number of piperazine rings is 1. The SMILES string of the molecule is CCOC(=O)N1CCN(C(=O)CN(C(C)=O)c2cccc(F)c2)CC1. The highest BCUT2D eigenvalue weighted by atomic mass is 19.1. The van der Waals surface area contributed by atoms with Gasteiger partial charge in [-0.3, -0.25) is 9.59 Å². The second-order valence-corrected chi connectivity index (χ2v) is 5.65. The summed E-state index contributed by atoms with van der Waals surface area (Å²) in [6, 6.07) is 5.56. The van der Waals surface area contributed by atoms with Crippen LogP contribution in [-0.4, -0.2) is 67.0 Å². The molecule has 0 bridgehead atoms. The van der Waals surface area contributed by atoms with Gasteiger partial charge in [0.05, 0.1) is 6.61 Å². The second-order valence-electron chi connectivity index (χ2n) is 5.65. The van der Waals surface area contributed by atoms with Crippen LogP contribution >= 0.6 is 0 Å². The molecular formula is C17H22FN3O4. The summed E-state index contributed by atoms with van der Waals surface area (Å²) < 4.78 is 18.3. The van der Waals surface area contributed by atoms with Gasteiger partial charge in [-0.1, -0.05) is 6.07 Å². The number of rotatable bonds is 4. The maximum Gasteiger partial charge on any atom is 0.409 e. The van der Waals surface area contributed by atoms with Gasteiger partial charge in [-0.15, -0.1) is 0 Å². The summed E-state index contributed by atoms with van der Waals surface area (Å²) in [6.45, 7) is 4.70. The number of halogens is 1. The fraction of sp³-hybridized carbons (Fsp3) is 0.471. The Kier molecular flexibility index (Phi) is 6.32. The van der Waals surface area contributed by atoms with Crippen molar-refractivity contribution < 1.29 is 23.5 Å². The van der Waals surface area contributed by atoms with Crippen molar-refractivity contribution in [2.75, 3.05) is 44.2 Å². The molecule has 1 fully saturated rings. The van der Waals surface area contributed by atoms with E-state index >= 15 is 0 Å². The third-order valence-electron chi connectivity index (χ3n) is 3.95. The minimum atomic E-state index is -0.473. The molecule has 3 amide bonds. The average Bonchev–Trinajstić information content (AvgIpc) is 2.59. The van der Waals surface area contributed by atoms with Crippen LogP contribution in [0.5, 0.6) is 0 Å².